The monoisotopic (exact) mass is 266 g/mol. The average molecular weight is 266 g/mol. The highest BCUT2D eigenvalue weighted by Gasteiger charge is 2.23. The summed E-state index contributed by atoms with van der Waals surface area (Å²) >= 11 is 0. The van der Waals surface area contributed by atoms with Crippen LogP contribution in [0.4, 0.5) is 11.6 Å². The molecule has 0 aromatic carbocycles. The number of methoxy groups -OCH3 is 1. The second kappa shape index (κ2) is 6.56. The SMILES string of the molecule is CCNc1ncnc(N(C)C2CCOCC2)c1OC. The van der Waals surface area contributed by atoms with Crippen molar-refractivity contribution in [1.29, 1.82) is 0 Å². The van der Waals surface area contributed by atoms with Gasteiger partial charge in [-0.15, -0.1) is 0 Å². The lowest BCUT2D eigenvalue weighted by molar-refractivity contribution is 0.0852. The van der Waals surface area contributed by atoms with Crippen LogP contribution >= 0.6 is 0 Å². The predicted molar refractivity (Wildman–Crippen MR) is 75.0 cm³/mol. The van der Waals surface area contributed by atoms with Crippen molar-refractivity contribution in [2.24, 2.45) is 0 Å². The standard InChI is InChI=1S/C13H22N4O2/c1-4-14-12-11(18-3)13(16-9-15-12)17(2)10-5-7-19-8-6-10/h9-10H,4-8H2,1-3H3,(H,14,15,16). The Morgan fingerprint density at radius 3 is 2.79 bits per heavy atom. The van der Waals surface area contributed by atoms with Crippen molar-refractivity contribution in [2.45, 2.75) is 25.8 Å². The van der Waals surface area contributed by atoms with Gasteiger partial charge < -0.3 is 19.7 Å². The fourth-order valence-electron chi connectivity index (χ4n) is 2.34. The molecule has 0 atom stereocenters. The summed E-state index contributed by atoms with van der Waals surface area (Å²) in [5, 5.41) is 3.20. The van der Waals surface area contributed by atoms with Crippen molar-refractivity contribution in [1.82, 2.24) is 9.97 Å². The zero-order valence-electron chi connectivity index (χ0n) is 11.8. The van der Waals surface area contributed by atoms with E-state index in [9.17, 15) is 0 Å². The Balaban J connectivity index is 2.24. The second-order valence-corrected chi connectivity index (χ2v) is 4.56. The molecule has 1 saturated heterocycles. The van der Waals surface area contributed by atoms with E-state index in [1.54, 1.807) is 13.4 Å². The molecule has 1 aromatic rings. The van der Waals surface area contributed by atoms with E-state index in [0.717, 1.165) is 44.2 Å². The van der Waals surface area contributed by atoms with Gasteiger partial charge in [-0.05, 0) is 19.8 Å². The van der Waals surface area contributed by atoms with Crippen molar-refractivity contribution >= 4 is 11.6 Å². The molecule has 6 nitrogen and oxygen atoms in total. The fraction of sp³-hybridized carbons (Fsp3) is 0.692. The van der Waals surface area contributed by atoms with E-state index >= 15 is 0 Å². The Hall–Kier alpha value is -1.56. The third-order valence-corrected chi connectivity index (χ3v) is 3.41. The van der Waals surface area contributed by atoms with E-state index in [1.807, 2.05) is 6.92 Å². The van der Waals surface area contributed by atoms with Gasteiger partial charge in [-0.1, -0.05) is 0 Å². The first-order chi connectivity index (χ1) is 9.27. The minimum absolute atomic E-state index is 0.437. The van der Waals surface area contributed by atoms with Crippen LogP contribution in [0.5, 0.6) is 5.75 Å². The summed E-state index contributed by atoms with van der Waals surface area (Å²) in [6.45, 7) is 4.45. The molecule has 6 heteroatoms. The molecule has 1 fully saturated rings. The lowest BCUT2D eigenvalue weighted by atomic mass is 10.1. The van der Waals surface area contributed by atoms with Gasteiger partial charge >= 0.3 is 0 Å². The highest BCUT2D eigenvalue weighted by atomic mass is 16.5. The lowest BCUT2D eigenvalue weighted by Gasteiger charge is -2.32. The Morgan fingerprint density at radius 1 is 1.42 bits per heavy atom. The quantitative estimate of drug-likeness (QED) is 0.872. The molecule has 0 spiro atoms. The highest BCUT2D eigenvalue weighted by molar-refractivity contribution is 5.64. The average Bonchev–Trinajstić information content (AvgIpc) is 2.47. The van der Waals surface area contributed by atoms with E-state index in [1.165, 1.54) is 0 Å². The summed E-state index contributed by atoms with van der Waals surface area (Å²) in [5.41, 5.74) is 0. The molecule has 1 aliphatic rings. The van der Waals surface area contributed by atoms with Crippen molar-refractivity contribution < 1.29 is 9.47 Å². The maximum atomic E-state index is 5.48. The summed E-state index contributed by atoms with van der Waals surface area (Å²) in [5.74, 6) is 2.28. The molecule has 2 heterocycles. The van der Waals surface area contributed by atoms with Gasteiger partial charge in [0.2, 0.25) is 5.75 Å². The summed E-state index contributed by atoms with van der Waals surface area (Å²) in [6.07, 6.45) is 3.60. The van der Waals surface area contributed by atoms with Gasteiger partial charge in [0.05, 0.1) is 7.11 Å². The van der Waals surface area contributed by atoms with Crippen LogP contribution in [0, 0.1) is 0 Å². The topological polar surface area (TPSA) is 59.5 Å². The minimum atomic E-state index is 0.437. The van der Waals surface area contributed by atoms with E-state index in [0.29, 0.717) is 11.8 Å². The molecule has 0 amide bonds. The molecular formula is C13H22N4O2. The van der Waals surface area contributed by atoms with Crippen LogP contribution in [0.25, 0.3) is 0 Å². The van der Waals surface area contributed by atoms with Gasteiger partial charge in [0, 0.05) is 32.8 Å². The molecular weight excluding hydrogens is 244 g/mol. The minimum Gasteiger partial charge on any atom is -0.490 e. The number of nitrogens with one attached hydrogen (secondary N) is 1. The van der Waals surface area contributed by atoms with Gasteiger partial charge in [0.25, 0.3) is 0 Å². The van der Waals surface area contributed by atoms with Crippen molar-refractivity contribution in [3.05, 3.63) is 6.33 Å². The van der Waals surface area contributed by atoms with Crippen LogP contribution in [0.1, 0.15) is 19.8 Å². The largest absolute Gasteiger partial charge is 0.490 e. The molecule has 1 aromatic heterocycles. The van der Waals surface area contributed by atoms with Crippen LogP contribution in [-0.4, -0.2) is 49.9 Å². The Kier molecular flexibility index (Phi) is 4.79. The van der Waals surface area contributed by atoms with Crippen molar-refractivity contribution in [2.75, 3.05) is 44.1 Å². The van der Waals surface area contributed by atoms with E-state index in [2.05, 4.69) is 27.2 Å². The molecule has 0 aliphatic carbocycles. The Bertz CT molecular complexity index is 408. The number of nitrogens with zero attached hydrogens (tertiary/aromatic N) is 3. The zero-order valence-corrected chi connectivity index (χ0v) is 11.8. The molecule has 19 heavy (non-hydrogen) atoms. The molecule has 0 saturated carbocycles. The molecule has 0 radical (unpaired) electrons. The summed E-state index contributed by atoms with van der Waals surface area (Å²) < 4.78 is 10.9. The molecule has 106 valence electrons. The number of hydrogen-bond acceptors (Lipinski definition) is 6. The first kappa shape index (κ1) is 13.9. The lowest BCUT2D eigenvalue weighted by Crippen LogP contribution is -2.37. The van der Waals surface area contributed by atoms with Crippen LogP contribution in [0.2, 0.25) is 0 Å². The molecule has 2 rings (SSSR count). The highest BCUT2D eigenvalue weighted by Crippen LogP contribution is 2.33. The molecule has 0 bridgehead atoms. The van der Waals surface area contributed by atoms with Crippen LogP contribution < -0.4 is 15.0 Å². The summed E-state index contributed by atoms with van der Waals surface area (Å²) in [6, 6.07) is 0.437. The number of aromatic nitrogens is 2. The van der Waals surface area contributed by atoms with Gasteiger partial charge in [-0.3, -0.25) is 0 Å². The third kappa shape index (κ3) is 3.07. The van der Waals surface area contributed by atoms with Crippen LogP contribution in [-0.2, 0) is 4.74 Å². The van der Waals surface area contributed by atoms with Gasteiger partial charge in [-0.2, -0.15) is 0 Å². The maximum Gasteiger partial charge on any atom is 0.204 e. The fourth-order valence-corrected chi connectivity index (χ4v) is 2.34. The number of hydrogen-bond donors (Lipinski definition) is 1. The zero-order chi connectivity index (χ0) is 13.7. The van der Waals surface area contributed by atoms with Gasteiger partial charge in [-0.25, -0.2) is 9.97 Å². The van der Waals surface area contributed by atoms with Gasteiger partial charge in [0.15, 0.2) is 11.6 Å². The van der Waals surface area contributed by atoms with E-state index < -0.39 is 0 Å². The number of ether oxygens (including phenoxy) is 2. The normalized spacial score (nSPS) is 16.2. The predicted octanol–water partition coefficient (Wildman–Crippen LogP) is 1.53. The van der Waals surface area contributed by atoms with Gasteiger partial charge in [0.1, 0.15) is 6.33 Å². The van der Waals surface area contributed by atoms with E-state index in [-0.39, 0.29) is 0 Å². The number of rotatable bonds is 5. The molecule has 1 N–H and O–H groups in total. The van der Waals surface area contributed by atoms with E-state index in [4.69, 9.17) is 9.47 Å². The Morgan fingerprint density at radius 2 is 2.16 bits per heavy atom. The summed E-state index contributed by atoms with van der Waals surface area (Å²) in [7, 11) is 3.71. The first-order valence-electron chi connectivity index (χ1n) is 6.71. The van der Waals surface area contributed by atoms with Crippen molar-refractivity contribution in [3.63, 3.8) is 0 Å². The van der Waals surface area contributed by atoms with Crippen LogP contribution in [0.3, 0.4) is 0 Å². The number of anilines is 2. The Labute approximate surface area is 114 Å². The second-order valence-electron chi connectivity index (χ2n) is 4.56. The molecule has 0 unspecified atom stereocenters. The first-order valence-corrected chi connectivity index (χ1v) is 6.71. The maximum absolute atomic E-state index is 5.48. The summed E-state index contributed by atoms with van der Waals surface area (Å²) in [4.78, 5) is 10.8. The third-order valence-electron chi connectivity index (χ3n) is 3.41. The van der Waals surface area contributed by atoms with Crippen molar-refractivity contribution in [3.8, 4) is 5.75 Å². The smallest absolute Gasteiger partial charge is 0.204 e. The van der Waals surface area contributed by atoms with Crippen LogP contribution in [0.15, 0.2) is 6.33 Å². The molecule has 1 aliphatic heterocycles.